The molecular weight excluding hydrogens is 201 g/mol. The maximum atomic E-state index is 9.27. The number of hydrogen-bond donors (Lipinski definition) is 2. The minimum atomic E-state index is -1.50. The van der Waals surface area contributed by atoms with E-state index in [1.807, 2.05) is 31.2 Å². The summed E-state index contributed by atoms with van der Waals surface area (Å²) < 4.78 is 0. The third-order valence-corrected chi connectivity index (χ3v) is 2.57. The van der Waals surface area contributed by atoms with Crippen LogP contribution in [0.1, 0.15) is 5.56 Å². The zero-order valence-electron chi connectivity index (χ0n) is 8.96. The number of nitrogens with zero attached hydrogens (tertiary/aromatic N) is 1. The quantitative estimate of drug-likeness (QED) is 0.723. The van der Waals surface area contributed by atoms with Crippen LogP contribution in [0.25, 0.3) is 11.1 Å². The molecule has 0 radical (unpaired) electrons. The van der Waals surface area contributed by atoms with Crippen molar-refractivity contribution in [2.24, 2.45) is 0 Å². The summed E-state index contributed by atoms with van der Waals surface area (Å²) in [5.41, 5.74) is 3.32. The lowest BCUT2D eigenvalue weighted by atomic mass is 9.76. The van der Waals surface area contributed by atoms with Crippen LogP contribution in [0.5, 0.6) is 0 Å². The molecule has 2 rings (SSSR count). The zero-order chi connectivity index (χ0) is 11.5. The number of pyridine rings is 1. The molecule has 0 bridgehead atoms. The minimum absolute atomic E-state index is 0.428. The molecule has 3 nitrogen and oxygen atoms in total. The molecule has 2 aromatic rings. The van der Waals surface area contributed by atoms with Gasteiger partial charge in [0.15, 0.2) is 0 Å². The zero-order valence-corrected chi connectivity index (χ0v) is 8.96. The van der Waals surface area contributed by atoms with Crippen LogP contribution < -0.4 is 5.46 Å². The topological polar surface area (TPSA) is 53.4 Å². The molecule has 0 unspecified atom stereocenters. The highest BCUT2D eigenvalue weighted by Crippen LogP contribution is 2.20. The predicted molar refractivity (Wildman–Crippen MR) is 64.2 cm³/mol. The third kappa shape index (κ3) is 1.98. The first kappa shape index (κ1) is 10.9. The van der Waals surface area contributed by atoms with Gasteiger partial charge in [0.1, 0.15) is 0 Å². The van der Waals surface area contributed by atoms with E-state index in [4.69, 9.17) is 0 Å². The van der Waals surface area contributed by atoms with Crippen LogP contribution in [0.2, 0.25) is 0 Å². The number of aromatic nitrogens is 1. The third-order valence-electron chi connectivity index (χ3n) is 2.57. The van der Waals surface area contributed by atoms with Gasteiger partial charge in [-0.1, -0.05) is 24.3 Å². The van der Waals surface area contributed by atoms with Gasteiger partial charge in [-0.05, 0) is 29.7 Å². The Balaban J connectivity index is 2.60. The van der Waals surface area contributed by atoms with Crippen LogP contribution in [0.4, 0.5) is 0 Å². The van der Waals surface area contributed by atoms with Gasteiger partial charge in [-0.15, -0.1) is 0 Å². The SMILES string of the molecule is Cc1ccccc1-c1ccncc1B(O)O. The first-order valence-corrected chi connectivity index (χ1v) is 5.06. The maximum absolute atomic E-state index is 9.27. The van der Waals surface area contributed by atoms with Crippen LogP contribution in [0, 0.1) is 6.92 Å². The Morgan fingerprint density at radius 2 is 1.81 bits per heavy atom. The Morgan fingerprint density at radius 1 is 1.06 bits per heavy atom. The molecule has 4 heteroatoms. The second-order valence-electron chi connectivity index (χ2n) is 3.65. The Labute approximate surface area is 94.6 Å². The molecule has 1 aromatic carbocycles. The highest BCUT2D eigenvalue weighted by molar-refractivity contribution is 6.60. The molecule has 16 heavy (non-hydrogen) atoms. The summed E-state index contributed by atoms with van der Waals surface area (Å²) in [6.07, 6.45) is 3.13. The van der Waals surface area contributed by atoms with Gasteiger partial charge in [0.2, 0.25) is 0 Å². The molecule has 1 heterocycles. The molecule has 0 saturated carbocycles. The van der Waals surface area contributed by atoms with E-state index in [0.717, 1.165) is 16.7 Å². The number of benzene rings is 1. The molecule has 2 N–H and O–H groups in total. The van der Waals surface area contributed by atoms with Crippen LogP contribution >= 0.6 is 0 Å². The lowest BCUT2D eigenvalue weighted by Crippen LogP contribution is -2.32. The van der Waals surface area contributed by atoms with Crippen molar-refractivity contribution in [1.29, 1.82) is 0 Å². The van der Waals surface area contributed by atoms with E-state index in [9.17, 15) is 10.0 Å². The van der Waals surface area contributed by atoms with Crippen LogP contribution in [-0.2, 0) is 0 Å². The van der Waals surface area contributed by atoms with E-state index in [-0.39, 0.29) is 0 Å². The molecule has 80 valence electrons. The maximum Gasteiger partial charge on any atom is 0.490 e. The fraction of sp³-hybridized carbons (Fsp3) is 0.0833. The molecule has 1 aromatic heterocycles. The second kappa shape index (κ2) is 4.47. The van der Waals surface area contributed by atoms with Crippen LogP contribution in [0.3, 0.4) is 0 Å². The first-order valence-electron chi connectivity index (χ1n) is 5.06. The van der Waals surface area contributed by atoms with E-state index in [2.05, 4.69) is 4.98 Å². The average Bonchev–Trinajstić information content (AvgIpc) is 2.29. The summed E-state index contributed by atoms with van der Waals surface area (Å²) in [7, 11) is -1.50. The summed E-state index contributed by atoms with van der Waals surface area (Å²) >= 11 is 0. The van der Waals surface area contributed by atoms with Crippen molar-refractivity contribution in [1.82, 2.24) is 4.98 Å². The van der Waals surface area contributed by atoms with Gasteiger partial charge in [0.25, 0.3) is 0 Å². The molecule has 0 amide bonds. The highest BCUT2D eigenvalue weighted by Gasteiger charge is 2.17. The summed E-state index contributed by atoms with van der Waals surface area (Å²) in [6, 6.07) is 9.61. The summed E-state index contributed by atoms with van der Waals surface area (Å²) in [6.45, 7) is 1.99. The normalized spacial score (nSPS) is 10.2. The van der Waals surface area contributed by atoms with Crippen molar-refractivity contribution in [2.75, 3.05) is 0 Å². The van der Waals surface area contributed by atoms with Crippen molar-refractivity contribution in [3.8, 4) is 11.1 Å². The fourth-order valence-electron chi connectivity index (χ4n) is 1.73. The van der Waals surface area contributed by atoms with Gasteiger partial charge in [0.05, 0.1) is 0 Å². The van der Waals surface area contributed by atoms with Crippen molar-refractivity contribution in [2.45, 2.75) is 6.92 Å². The molecule has 0 aliphatic carbocycles. The molecule has 0 aliphatic rings. The Morgan fingerprint density at radius 3 is 2.50 bits per heavy atom. The molecular formula is C12H12BNO2. The van der Waals surface area contributed by atoms with E-state index < -0.39 is 7.12 Å². The van der Waals surface area contributed by atoms with E-state index >= 15 is 0 Å². The van der Waals surface area contributed by atoms with E-state index in [0.29, 0.717) is 5.46 Å². The molecule has 0 aliphatic heterocycles. The van der Waals surface area contributed by atoms with Crippen molar-refractivity contribution in [3.63, 3.8) is 0 Å². The van der Waals surface area contributed by atoms with Crippen LogP contribution in [-0.4, -0.2) is 22.2 Å². The monoisotopic (exact) mass is 213 g/mol. The molecule has 0 atom stereocenters. The van der Waals surface area contributed by atoms with Crippen molar-refractivity contribution >= 4 is 12.6 Å². The molecule has 0 fully saturated rings. The highest BCUT2D eigenvalue weighted by atomic mass is 16.4. The molecule has 0 spiro atoms. The minimum Gasteiger partial charge on any atom is -0.423 e. The average molecular weight is 213 g/mol. The van der Waals surface area contributed by atoms with Gasteiger partial charge < -0.3 is 10.0 Å². The lowest BCUT2D eigenvalue weighted by Gasteiger charge is -2.10. The largest absolute Gasteiger partial charge is 0.490 e. The van der Waals surface area contributed by atoms with Crippen molar-refractivity contribution in [3.05, 3.63) is 48.3 Å². The fourth-order valence-corrected chi connectivity index (χ4v) is 1.73. The van der Waals surface area contributed by atoms with Gasteiger partial charge in [-0.2, -0.15) is 0 Å². The van der Waals surface area contributed by atoms with Crippen molar-refractivity contribution < 1.29 is 10.0 Å². The second-order valence-corrected chi connectivity index (χ2v) is 3.65. The molecule has 0 saturated heterocycles. The lowest BCUT2D eigenvalue weighted by molar-refractivity contribution is 0.426. The number of aryl methyl sites for hydroxylation is 1. The van der Waals surface area contributed by atoms with E-state index in [1.165, 1.54) is 6.20 Å². The predicted octanol–water partition coefficient (Wildman–Crippen LogP) is 0.737. The summed E-state index contributed by atoms with van der Waals surface area (Å²) in [4.78, 5) is 3.90. The Kier molecular flexibility index (Phi) is 3.03. The Hall–Kier alpha value is -1.65. The van der Waals surface area contributed by atoms with Gasteiger partial charge in [-0.25, -0.2) is 0 Å². The number of hydrogen-bond acceptors (Lipinski definition) is 3. The van der Waals surface area contributed by atoms with Gasteiger partial charge in [-0.3, -0.25) is 4.98 Å². The Bertz CT molecular complexity index is 500. The van der Waals surface area contributed by atoms with E-state index in [1.54, 1.807) is 12.3 Å². The number of rotatable bonds is 2. The van der Waals surface area contributed by atoms with Gasteiger partial charge >= 0.3 is 7.12 Å². The first-order chi connectivity index (χ1) is 7.70. The van der Waals surface area contributed by atoms with Crippen LogP contribution in [0.15, 0.2) is 42.7 Å². The smallest absolute Gasteiger partial charge is 0.423 e. The summed E-state index contributed by atoms with van der Waals surface area (Å²) in [5.74, 6) is 0. The van der Waals surface area contributed by atoms with Gasteiger partial charge in [0, 0.05) is 17.9 Å². The standard InChI is InChI=1S/C12H12BNO2/c1-9-4-2-3-5-10(9)11-6-7-14-8-12(11)13(15)16/h2-8,15-16H,1H3. The summed E-state index contributed by atoms with van der Waals surface area (Å²) in [5, 5.41) is 18.5.